The van der Waals surface area contributed by atoms with Crippen molar-refractivity contribution >= 4 is 21.5 Å². The van der Waals surface area contributed by atoms with Crippen LogP contribution in [0.25, 0.3) is 21.5 Å². The molecule has 0 radical (unpaired) electrons. The smallest absolute Gasteiger partial charge is 0.127 e. The molecule has 0 aliphatic carbocycles. The van der Waals surface area contributed by atoms with Crippen LogP contribution >= 0.6 is 0 Å². The van der Waals surface area contributed by atoms with E-state index >= 15 is 0 Å². The lowest BCUT2D eigenvalue weighted by molar-refractivity contribution is -0.00546. The second-order valence-electron chi connectivity index (χ2n) is 7.34. The molecule has 2 atom stereocenters. The number of ether oxygens (including phenoxy) is 3. The van der Waals surface area contributed by atoms with E-state index in [1.807, 2.05) is 62.4 Å². The van der Waals surface area contributed by atoms with E-state index in [2.05, 4.69) is 36.4 Å². The summed E-state index contributed by atoms with van der Waals surface area (Å²) < 4.78 is 18.1. The second-order valence-corrected chi connectivity index (χ2v) is 7.34. The predicted octanol–water partition coefficient (Wildman–Crippen LogP) is 6.24. The molecule has 0 N–H and O–H groups in total. The molecule has 0 fully saturated rings. The fourth-order valence-electron chi connectivity index (χ4n) is 3.43. The predicted molar refractivity (Wildman–Crippen MR) is 119 cm³/mol. The molecule has 4 aromatic carbocycles. The van der Waals surface area contributed by atoms with E-state index in [0.717, 1.165) is 22.3 Å². The first-order chi connectivity index (χ1) is 14.2. The molecular formula is C26H26O3. The van der Waals surface area contributed by atoms with E-state index in [1.165, 1.54) is 10.8 Å². The van der Waals surface area contributed by atoms with Gasteiger partial charge in [0.2, 0.25) is 0 Å². The molecule has 0 aliphatic heterocycles. The van der Waals surface area contributed by atoms with Gasteiger partial charge in [-0.25, -0.2) is 0 Å². The van der Waals surface area contributed by atoms with Crippen molar-refractivity contribution in [2.45, 2.75) is 26.1 Å². The Morgan fingerprint density at radius 1 is 0.586 bits per heavy atom. The third kappa shape index (κ3) is 4.69. The van der Waals surface area contributed by atoms with Crippen LogP contribution in [0.1, 0.15) is 13.8 Å². The molecule has 2 unspecified atom stereocenters. The van der Waals surface area contributed by atoms with Crippen LogP contribution in [0.15, 0.2) is 84.9 Å². The average Bonchev–Trinajstić information content (AvgIpc) is 2.76. The van der Waals surface area contributed by atoms with Gasteiger partial charge in [0.15, 0.2) is 0 Å². The summed E-state index contributed by atoms with van der Waals surface area (Å²) in [6, 6.07) is 28.7. The minimum absolute atomic E-state index is 0.0347. The highest BCUT2D eigenvalue weighted by molar-refractivity contribution is 5.88. The molecule has 148 valence electrons. The monoisotopic (exact) mass is 386 g/mol. The Balaban J connectivity index is 1.30. The van der Waals surface area contributed by atoms with Crippen molar-refractivity contribution in [2.24, 2.45) is 0 Å². The Labute approximate surface area is 171 Å². The van der Waals surface area contributed by atoms with Gasteiger partial charge in [0.25, 0.3) is 0 Å². The molecule has 0 heterocycles. The summed E-state index contributed by atoms with van der Waals surface area (Å²) in [6.07, 6.45) is -0.0895. The van der Waals surface area contributed by atoms with Gasteiger partial charge in [0.1, 0.15) is 24.2 Å². The molecule has 3 nitrogen and oxygen atoms in total. The summed E-state index contributed by atoms with van der Waals surface area (Å²) in [6.45, 7) is 5.05. The number of benzene rings is 4. The van der Waals surface area contributed by atoms with Crippen LogP contribution in [-0.2, 0) is 4.74 Å². The van der Waals surface area contributed by atoms with Crippen LogP contribution in [0.4, 0.5) is 0 Å². The van der Waals surface area contributed by atoms with Crippen LogP contribution in [0.2, 0.25) is 0 Å². The minimum atomic E-state index is -0.0548. The molecule has 0 amide bonds. The highest BCUT2D eigenvalue weighted by Gasteiger charge is 2.11. The number of hydrogen-bond donors (Lipinski definition) is 0. The van der Waals surface area contributed by atoms with Gasteiger partial charge >= 0.3 is 0 Å². The van der Waals surface area contributed by atoms with E-state index in [1.54, 1.807) is 0 Å². The van der Waals surface area contributed by atoms with Gasteiger partial charge in [-0.15, -0.1) is 0 Å². The highest BCUT2D eigenvalue weighted by Crippen LogP contribution is 2.27. The number of hydrogen-bond acceptors (Lipinski definition) is 3. The second kappa shape index (κ2) is 8.97. The standard InChI is InChI=1S/C26H26O3/c1-19(17-28-25-15-7-11-21-9-3-5-13-23(21)25)27-18-20(2)29-26-16-8-12-22-10-4-6-14-24(22)26/h3-16,19-20H,17-18H2,1-2H3. The van der Waals surface area contributed by atoms with E-state index in [9.17, 15) is 0 Å². The third-order valence-electron chi connectivity index (χ3n) is 4.92. The van der Waals surface area contributed by atoms with Crippen LogP contribution in [0.3, 0.4) is 0 Å². The summed E-state index contributed by atoms with van der Waals surface area (Å²) >= 11 is 0. The van der Waals surface area contributed by atoms with Crippen molar-refractivity contribution in [3.8, 4) is 11.5 Å². The Morgan fingerprint density at radius 3 is 1.83 bits per heavy atom. The largest absolute Gasteiger partial charge is 0.490 e. The Hall–Kier alpha value is -3.04. The number of rotatable bonds is 8. The number of fused-ring (bicyclic) bond motifs is 2. The first-order valence-electron chi connectivity index (χ1n) is 10.1. The first-order valence-corrected chi connectivity index (χ1v) is 10.1. The van der Waals surface area contributed by atoms with Gasteiger partial charge in [-0.3, -0.25) is 0 Å². The van der Waals surface area contributed by atoms with Crippen LogP contribution < -0.4 is 9.47 Å². The SMILES string of the molecule is CC(COc1cccc2ccccc12)OCC(C)Oc1cccc2ccccc12. The highest BCUT2D eigenvalue weighted by atomic mass is 16.6. The van der Waals surface area contributed by atoms with Crippen LogP contribution in [0, 0.1) is 0 Å². The van der Waals surface area contributed by atoms with E-state index in [4.69, 9.17) is 14.2 Å². The average molecular weight is 386 g/mol. The summed E-state index contributed by atoms with van der Waals surface area (Å²) in [5.41, 5.74) is 0. The Kier molecular flexibility index (Phi) is 5.97. The molecule has 4 aromatic rings. The third-order valence-corrected chi connectivity index (χ3v) is 4.92. The van der Waals surface area contributed by atoms with Gasteiger partial charge < -0.3 is 14.2 Å². The van der Waals surface area contributed by atoms with Crippen molar-refractivity contribution in [3.05, 3.63) is 84.9 Å². The van der Waals surface area contributed by atoms with Gasteiger partial charge in [0, 0.05) is 10.8 Å². The molecule has 0 aliphatic rings. The lowest BCUT2D eigenvalue weighted by Crippen LogP contribution is -2.26. The lowest BCUT2D eigenvalue weighted by Gasteiger charge is -2.20. The fraction of sp³-hybridized carbons (Fsp3) is 0.231. The molecular weight excluding hydrogens is 360 g/mol. The van der Waals surface area contributed by atoms with Gasteiger partial charge in [-0.05, 0) is 36.8 Å². The molecule has 0 spiro atoms. The minimum Gasteiger partial charge on any atom is -0.490 e. The van der Waals surface area contributed by atoms with Crippen molar-refractivity contribution in [2.75, 3.05) is 13.2 Å². The van der Waals surface area contributed by atoms with Gasteiger partial charge in [-0.1, -0.05) is 72.8 Å². The zero-order chi connectivity index (χ0) is 20.1. The lowest BCUT2D eigenvalue weighted by atomic mass is 10.1. The maximum absolute atomic E-state index is 6.13. The van der Waals surface area contributed by atoms with Crippen molar-refractivity contribution in [1.82, 2.24) is 0 Å². The Morgan fingerprint density at radius 2 is 1.14 bits per heavy atom. The van der Waals surface area contributed by atoms with Crippen molar-refractivity contribution in [1.29, 1.82) is 0 Å². The van der Waals surface area contributed by atoms with Crippen molar-refractivity contribution in [3.63, 3.8) is 0 Å². The van der Waals surface area contributed by atoms with Gasteiger partial charge in [0.05, 0.1) is 12.7 Å². The maximum atomic E-state index is 6.13. The fourth-order valence-corrected chi connectivity index (χ4v) is 3.43. The zero-order valence-electron chi connectivity index (χ0n) is 16.9. The van der Waals surface area contributed by atoms with E-state index in [0.29, 0.717) is 13.2 Å². The van der Waals surface area contributed by atoms with Gasteiger partial charge in [-0.2, -0.15) is 0 Å². The first kappa shape index (κ1) is 19.3. The zero-order valence-corrected chi connectivity index (χ0v) is 16.9. The Bertz CT molecular complexity index is 1080. The molecule has 0 bridgehead atoms. The summed E-state index contributed by atoms with van der Waals surface area (Å²) in [4.78, 5) is 0. The van der Waals surface area contributed by atoms with Crippen molar-refractivity contribution < 1.29 is 14.2 Å². The molecule has 0 saturated carbocycles. The van der Waals surface area contributed by atoms with Crippen LogP contribution in [-0.4, -0.2) is 25.4 Å². The molecule has 29 heavy (non-hydrogen) atoms. The molecule has 0 saturated heterocycles. The molecule has 4 rings (SSSR count). The normalized spacial score (nSPS) is 13.3. The summed E-state index contributed by atoms with van der Waals surface area (Å²) in [5.74, 6) is 1.78. The quantitative estimate of drug-likeness (QED) is 0.358. The molecule has 3 heteroatoms. The van der Waals surface area contributed by atoms with E-state index < -0.39 is 0 Å². The molecule has 0 aromatic heterocycles. The maximum Gasteiger partial charge on any atom is 0.127 e. The summed E-state index contributed by atoms with van der Waals surface area (Å²) in [5, 5.41) is 4.59. The topological polar surface area (TPSA) is 27.7 Å². The van der Waals surface area contributed by atoms with E-state index in [-0.39, 0.29) is 12.2 Å². The van der Waals surface area contributed by atoms with Crippen LogP contribution in [0.5, 0.6) is 11.5 Å². The summed E-state index contributed by atoms with van der Waals surface area (Å²) in [7, 11) is 0.